The first-order chi connectivity index (χ1) is 12.3. The number of nitrogens with one attached hydrogen (secondary N) is 1. The van der Waals surface area contributed by atoms with E-state index < -0.39 is 17.6 Å². The maximum Gasteiger partial charge on any atom is 0.416 e. The third kappa shape index (κ3) is 3.71. The number of amides is 1. The fraction of sp³-hybridized carbons (Fsp3) is 0.211. The van der Waals surface area contributed by atoms with Gasteiger partial charge in [-0.05, 0) is 41.6 Å². The maximum absolute atomic E-state index is 12.9. The van der Waals surface area contributed by atoms with Gasteiger partial charge >= 0.3 is 6.18 Å². The summed E-state index contributed by atoms with van der Waals surface area (Å²) in [5.74, 6) is -0.448. The van der Waals surface area contributed by atoms with Crippen molar-refractivity contribution >= 4 is 44.6 Å². The van der Waals surface area contributed by atoms with E-state index in [1.54, 1.807) is 0 Å². The molecule has 3 aromatic rings. The third-order valence-electron chi connectivity index (χ3n) is 3.95. The second-order valence-electron chi connectivity index (χ2n) is 5.80. The molecular formula is C19H15ClF3NOS. The number of benzene rings is 2. The zero-order valence-corrected chi connectivity index (χ0v) is 15.4. The number of carbonyl (C=O) groups excluding carboxylic acids is 1. The standard InChI is InChI=1S/C19H15ClF3NOS/c1-2-5-13-12-6-3-4-7-16(12)26-17(13)18(25)24-15-10-11(19(21,22)23)8-9-14(15)20/h3-4,6-10H,2,5H2,1H3,(H,24,25). The molecule has 2 aromatic carbocycles. The van der Waals surface area contributed by atoms with Gasteiger partial charge in [-0.2, -0.15) is 13.2 Å². The van der Waals surface area contributed by atoms with Gasteiger partial charge in [-0.3, -0.25) is 4.79 Å². The molecule has 0 saturated heterocycles. The Bertz CT molecular complexity index is 965. The van der Waals surface area contributed by atoms with Crippen LogP contribution in [0.15, 0.2) is 42.5 Å². The van der Waals surface area contributed by atoms with E-state index in [0.29, 0.717) is 11.3 Å². The van der Waals surface area contributed by atoms with Gasteiger partial charge in [0, 0.05) is 4.70 Å². The van der Waals surface area contributed by atoms with E-state index in [0.717, 1.165) is 40.3 Å². The first-order valence-electron chi connectivity index (χ1n) is 7.99. The van der Waals surface area contributed by atoms with E-state index in [4.69, 9.17) is 11.6 Å². The summed E-state index contributed by atoms with van der Waals surface area (Å²) in [4.78, 5) is 13.3. The molecule has 136 valence electrons. The Labute approximate surface area is 157 Å². The number of thiophene rings is 1. The van der Waals surface area contributed by atoms with Crippen LogP contribution in [0.1, 0.15) is 34.1 Å². The fourth-order valence-electron chi connectivity index (χ4n) is 2.76. The average Bonchev–Trinajstić information content (AvgIpc) is 2.95. The minimum Gasteiger partial charge on any atom is -0.320 e. The van der Waals surface area contributed by atoms with Crippen molar-refractivity contribution in [3.05, 3.63) is 63.5 Å². The van der Waals surface area contributed by atoms with Gasteiger partial charge in [0.15, 0.2) is 0 Å². The maximum atomic E-state index is 12.9. The van der Waals surface area contributed by atoms with Crippen LogP contribution in [0.4, 0.5) is 18.9 Å². The van der Waals surface area contributed by atoms with Crippen LogP contribution in [0.25, 0.3) is 10.1 Å². The van der Waals surface area contributed by atoms with E-state index in [1.165, 1.54) is 11.3 Å². The van der Waals surface area contributed by atoms with Crippen LogP contribution >= 0.6 is 22.9 Å². The van der Waals surface area contributed by atoms with Crippen molar-refractivity contribution in [3.63, 3.8) is 0 Å². The van der Waals surface area contributed by atoms with Gasteiger partial charge in [0.25, 0.3) is 5.91 Å². The van der Waals surface area contributed by atoms with Crippen LogP contribution in [0, 0.1) is 0 Å². The summed E-state index contributed by atoms with van der Waals surface area (Å²) in [6.45, 7) is 2.01. The molecule has 0 atom stereocenters. The van der Waals surface area contributed by atoms with Crippen molar-refractivity contribution in [2.75, 3.05) is 5.32 Å². The Morgan fingerprint density at radius 1 is 1.19 bits per heavy atom. The molecule has 26 heavy (non-hydrogen) atoms. The van der Waals surface area contributed by atoms with Gasteiger partial charge in [-0.1, -0.05) is 43.1 Å². The van der Waals surface area contributed by atoms with Crippen molar-refractivity contribution in [2.24, 2.45) is 0 Å². The Morgan fingerprint density at radius 2 is 1.92 bits per heavy atom. The predicted octanol–water partition coefficient (Wildman–Crippen LogP) is 6.78. The molecule has 1 aromatic heterocycles. The first-order valence-corrected chi connectivity index (χ1v) is 9.19. The van der Waals surface area contributed by atoms with Crippen molar-refractivity contribution in [1.29, 1.82) is 0 Å². The molecule has 0 aliphatic rings. The van der Waals surface area contributed by atoms with Crippen LogP contribution < -0.4 is 5.32 Å². The number of anilines is 1. The predicted molar refractivity (Wildman–Crippen MR) is 100 cm³/mol. The Balaban J connectivity index is 1.99. The van der Waals surface area contributed by atoms with E-state index >= 15 is 0 Å². The topological polar surface area (TPSA) is 29.1 Å². The van der Waals surface area contributed by atoms with Crippen LogP contribution in [0.5, 0.6) is 0 Å². The molecule has 0 radical (unpaired) electrons. The molecule has 0 spiro atoms. The fourth-order valence-corrected chi connectivity index (χ4v) is 4.07. The smallest absolute Gasteiger partial charge is 0.320 e. The molecule has 2 nitrogen and oxygen atoms in total. The zero-order valence-electron chi connectivity index (χ0n) is 13.8. The lowest BCUT2D eigenvalue weighted by atomic mass is 10.1. The van der Waals surface area contributed by atoms with Crippen molar-refractivity contribution in [1.82, 2.24) is 0 Å². The second kappa shape index (κ2) is 7.29. The van der Waals surface area contributed by atoms with Gasteiger partial charge < -0.3 is 5.32 Å². The number of aryl methyl sites for hydroxylation is 1. The molecule has 0 aliphatic heterocycles. The SMILES string of the molecule is CCCc1c(C(=O)Nc2cc(C(F)(F)F)ccc2Cl)sc2ccccc12. The highest BCUT2D eigenvalue weighted by atomic mass is 35.5. The highest BCUT2D eigenvalue weighted by Gasteiger charge is 2.31. The van der Waals surface area contributed by atoms with Gasteiger partial charge in [0.05, 0.1) is 21.2 Å². The van der Waals surface area contributed by atoms with Crippen LogP contribution in [0.3, 0.4) is 0 Å². The van der Waals surface area contributed by atoms with E-state index in [-0.39, 0.29) is 10.7 Å². The quantitative estimate of drug-likeness (QED) is 0.516. The summed E-state index contributed by atoms with van der Waals surface area (Å²) < 4.78 is 39.7. The normalized spacial score (nSPS) is 11.7. The molecule has 1 amide bonds. The summed E-state index contributed by atoms with van der Waals surface area (Å²) >= 11 is 7.31. The van der Waals surface area contributed by atoms with E-state index in [2.05, 4.69) is 5.32 Å². The summed E-state index contributed by atoms with van der Waals surface area (Å²) in [7, 11) is 0. The number of hydrogen-bond acceptors (Lipinski definition) is 2. The van der Waals surface area contributed by atoms with Gasteiger partial charge in [0.1, 0.15) is 0 Å². The van der Waals surface area contributed by atoms with Gasteiger partial charge in [0.2, 0.25) is 0 Å². The van der Waals surface area contributed by atoms with Crippen LogP contribution in [-0.4, -0.2) is 5.91 Å². The minimum atomic E-state index is -4.50. The largest absolute Gasteiger partial charge is 0.416 e. The van der Waals surface area contributed by atoms with Gasteiger partial charge in [-0.15, -0.1) is 11.3 Å². The van der Waals surface area contributed by atoms with E-state index in [9.17, 15) is 18.0 Å². The molecule has 0 fully saturated rings. The molecule has 1 heterocycles. The van der Waals surface area contributed by atoms with E-state index in [1.807, 2.05) is 31.2 Å². The average molecular weight is 398 g/mol. The number of fused-ring (bicyclic) bond motifs is 1. The monoisotopic (exact) mass is 397 g/mol. The minimum absolute atomic E-state index is 0.0496. The summed E-state index contributed by atoms with van der Waals surface area (Å²) in [6.07, 6.45) is -2.94. The summed E-state index contributed by atoms with van der Waals surface area (Å²) in [5, 5.41) is 3.60. The molecule has 1 N–H and O–H groups in total. The van der Waals surface area contributed by atoms with Crippen LogP contribution in [-0.2, 0) is 12.6 Å². The Hall–Kier alpha value is -2.05. The molecule has 3 rings (SSSR count). The van der Waals surface area contributed by atoms with Crippen LogP contribution in [0.2, 0.25) is 5.02 Å². The molecule has 7 heteroatoms. The zero-order chi connectivity index (χ0) is 18.9. The Morgan fingerprint density at radius 3 is 2.62 bits per heavy atom. The molecule has 0 aliphatic carbocycles. The summed E-state index contributed by atoms with van der Waals surface area (Å²) in [6, 6.07) is 10.5. The molecule has 0 bridgehead atoms. The summed E-state index contributed by atoms with van der Waals surface area (Å²) in [5.41, 5.74) is 0.00224. The lowest BCUT2D eigenvalue weighted by molar-refractivity contribution is -0.137. The highest BCUT2D eigenvalue weighted by Crippen LogP contribution is 2.36. The highest BCUT2D eigenvalue weighted by molar-refractivity contribution is 7.21. The Kier molecular flexibility index (Phi) is 5.25. The van der Waals surface area contributed by atoms with Crippen molar-refractivity contribution in [2.45, 2.75) is 25.9 Å². The number of halogens is 4. The lowest BCUT2D eigenvalue weighted by Gasteiger charge is -2.12. The van der Waals surface area contributed by atoms with Crippen molar-refractivity contribution < 1.29 is 18.0 Å². The number of carbonyl (C=O) groups is 1. The van der Waals surface area contributed by atoms with Crippen molar-refractivity contribution in [3.8, 4) is 0 Å². The molecule has 0 saturated carbocycles. The first kappa shape index (κ1) is 18.7. The second-order valence-corrected chi connectivity index (χ2v) is 7.26. The number of alkyl halides is 3. The number of rotatable bonds is 4. The lowest BCUT2D eigenvalue weighted by Crippen LogP contribution is -2.14. The third-order valence-corrected chi connectivity index (χ3v) is 5.49. The number of hydrogen-bond donors (Lipinski definition) is 1. The molecular weight excluding hydrogens is 383 g/mol. The van der Waals surface area contributed by atoms with Gasteiger partial charge in [-0.25, -0.2) is 0 Å². The molecule has 0 unspecified atom stereocenters.